The van der Waals surface area contributed by atoms with Crippen LogP contribution in [0.25, 0.3) is 0 Å². The number of ether oxygens (including phenoxy) is 1. The van der Waals surface area contributed by atoms with E-state index >= 15 is 0 Å². The molecule has 2 amide bonds. The number of carbonyl (C=O) groups excluding carboxylic acids is 2. The van der Waals surface area contributed by atoms with Crippen LogP contribution < -0.4 is 15.6 Å². The molecule has 0 fully saturated rings. The Morgan fingerprint density at radius 1 is 0.960 bits per heavy atom. The van der Waals surface area contributed by atoms with Crippen molar-refractivity contribution in [1.82, 2.24) is 10.9 Å². The fourth-order valence-corrected chi connectivity index (χ4v) is 2.87. The average Bonchev–Trinajstić information content (AvgIpc) is 3.17. The second-order valence-electron chi connectivity index (χ2n) is 5.67. The first kappa shape index (κ1) is 19.0. The molecule has 1 heterocycles. The first-order chi connectivity index (χ1) is 12.2. The van der Waals surface area contributed by atoms with E-state index in [9.17, 15) is 9.59 Å². The highest BCUT2D eigenvalue weighted by atomic mass is 32.1. The molecule has 0 saturated carbocycles. The van der Waals surface area contributed by atoms with Gasteiger partial charge in [-0.15, -0.1) is 11.3 Å². The lowest BCUT2D eigenvalue weighted by molar-refractivity contribution is 0.0849. The third-order valence-electron chi connectivity index (χ3n) is 3.67. The van der Waals surface area contributed by atoms with Crippen molar-refractivity contribution in [3.63, 3.8) is 0 Å². The molecule has 2 rings (SSSR count). The molecule has 0 aliphatic heterocycles. The van der Waals surface area contributed by atoms with Crippen LogP contribution in [0.3, 0.4) is 0 Å². The third kappa shape index (κ3) is 6.58. The fourth-order valence-electron chi connectivity index (χ4n) is 2.25. The third-order valence-corrected chi connectivity index (χ3v) is 4.54. The van der Waals surface area contributed by atoms with Crippen molar-refractivity contribution >= 4 is 23.2 Å². The first-order valence-corrected chi connectivity index (χ1v) is 9.45. The average molecular weight is 360 g/mol. The number of hydrogen-bond acceptors (Lipinski definition) is 4. The van der Waals surface area contributed by atoms with Gasteiger partial charge in [0.25, 0.3) is 11.8 Å². The summed E-state index contributed by atoms with van der Waals surface area (Å²) in [5.74, 6) is 0.0528. The number of benzene rings is 1. The molecule has 25 heavy (non-hydrogen) atoms. The van der Waals surface area contributed by atoms with E-state index in [2.05, 4.69) is 17.8 Å². The van der Waals surface area contributed by atoms with E-state index in [1.807, 2.05) is 0 Å². The van der Waals surface area contributed by atoms with Gasteiger partial charge < -0.3 is 4.74 Å². The number of nitrogens with one attached hydrogen (secondary N) is 2. The summed E-state index contributed by atoms with van der Waals surface area (Å²) >= 11 is 1.31. The standard InChI is InChI=1S/C19H24N2O3S/c1-2-3-4-5-6-13-24-16-11-9-15(10-12-16)18(22)20-21-19(23)17-8-7-14-25-17/h7-12,14H,2-6,13H2,1H3,(H,20,22)(H,21,23). The maximum atomic E-state index is 12.0. The smallest absolute Gasteiger partial charge is 0.279 e. The zero-order chi connectivity index (χ0) is 17.9. The summed E-state index contributed by atoms with van der Waals surface area (Å²) in [6.07, 6.45) is 5.97. The van der Waals surface area contributed by atoms with Gasteiger partial charge in [-0.05, 0) is 42.1 Å². The van der Waals surface area contributed by atoms with E-state index in [1.165, 1.54) is 37.0 Å². The molecule has 5 nitrogen and oxygen atoms in total. The maximum absolute atomic E-state index is 12.0. The largest absolute Gasteiger partial charge is 0.494 e. The molecule has 0 bridgehead atoms. The quantitative estimate of drug-likeness (QED) is 0.521. The Labute approximate surface area is 152 Å². The van der Waals surface area contributed by atoms with Crippen LogP contribution in [0, 0.1) is 0 Å². The molecular weight excluding hydrogens is 336 g/mol. The second-order valence-corrected chi connectivity index (χ2v) is 6.62. The summed E-state index contributed by atoms with van der Waals surface area (Å²) in [6, 6.07) is 10.4. The molecule has 1 aromatic heterocycles. The van der Waals surface area contributed by atoms with Crippen LogP contribution in [-0.4, -0.2) is 18.4 Å². The number of hydrazine groups is 1. The summed E-state index contributed by atoms with van der Waals surface area (Å²) in [6.45, 7) is 2.88. The SMILES string of the molecule is CCCCCCCOc1ccc(C(=O)NNC(=O)c2cccs2)cc1. The highest BCUT2D eigenvalue weighted by Crippen LogP contribution is 2.13. The summed E-state index contributed by atoms with van der Waals surface area (Å²) < 4.78 is 5.67. The molecule has 134 valence electrons. The lowest BCUT2D eigenvalue weighted by Gasteiger charge is -2.08. The molecule has 6 heteroatoms. The second kappa shape index (κ2) is 10.5. The number of hydrogen-bond donors (Lipinski definition) is 2. The molecule has 0 saturated heterocycles. The Morgan fingerprint density at radius 2 is 1.68 bits per heavy atom. The Bertz CT molecular complexity index is 654. The molecule has 0 aliphatic rings. The highest BCUT2D eigenvalue weighted by molar-refractivity contribution is 7.12. The predicted molar refractivity (Wildman–Crippen MR) is 99.9 cm³/mol. The van der Waals surface area contributed by atoms with Crippen LogP contribution >= 0.6 is 11.3 Å². The van der Waals surface area contributed by atoms with Crippen molar-refractivity contribution < 1.29 is 14.3 Å². The van der Waals surface area contributed by atoms with Gasteiger partial charge in [0.15, 0.2) is 0 Å². The van der Waals surface area contributed by atoms with Crippen LogP contribution in [0.5, 0.6) is 5.75 Å². The molecule has 0 spiro atoms. The van der Waals surface area contributed by atoms with Gasteiger partial charge in [-0.1, -0.05) is 38.7 Å². The Morgan fingerprint density at radius 3 is 2.36 bits per heavy atom. The van der Waals surface area contributed by atoms with Gasteiger partial charge in [-0.2, -0.15) is 0 Å². The van der Waals surface area contributed by atoms with Crippen molar-refractivity contribution in [3.8, 4) is 5.75 Å². The van der Waals surface area contributed by atoms with Gasteiger partial charge in [-0.3, -0.25) is 20.4 Å². The Hall–Kier alpha value is -2.34. The van der Waals surface area contributed by atoms with Gasteiger partial charge in [-0.25, -0.2) is 0 Å². The van der Waals surface area contributed by atoms with E-state index < -0.39 is 0 Å². The fraction of sp³-hybridized carbons (Fsp3) is 0.368. The van der Waals surface area contributed by atoms with E-state index in [4.69, 9.17) is 4.74 Å². The Balaban J connectivity index is 1.71. The number of unbranched alkanes of at least 4 members (excludes halogenated alkanes) is 4. The number of rotatable bonds is 9. The number of amides is 2. The van der Waals surface area contributed by atoms with Crippen molar-refractivity contribution in [1.29, 1.82) is 0 Å². The van der Waals surface area contributed by atoms with Crippen LogP contribution in [0.4, 0.5) is 0 Å². The predicted octanol–water partition coefficient (Wildman–Crippen LogP) is 4.17. The van der Waals surface area contributed by atoms with Gasteiger partial charge in [0.2, 0.25) is 0 Å². The van der Waals surface area contributed by atoms with Crippen molar-refractivity contribution in [2.75, 3.05) is 6.61 Å². The van der Waals surface area contributed by atoms with E-state index in [0.29, 0.717) is 17.0 Å². The van der Waals surface area contributed by atoms with Crippen LogP contribution in [-0.2, 0) is 0 Å². The monoisotopic (exact) mass is 360 g/mol. The van der Waals surface area contributed by atoms with Gasteiger partial charge >= 0.3 is 0 Å². The van der Waals surface area contributed by atoms with Crippen LogP contribution in [0.2, 0.25) is 0 Å². The van der Waals surface area contributed by atoms with E-state index in [-0.39, 0.29) is 11.8 Å². The molecule has 2 aromatic rings. The molecule has 0 radical (unpaired) electrons. The zero-order valence-electron chi connectivity index (χ0n) is 14.4. The Kier molecular flexibility index (Phi) is 7.98. The van der Waals surface area contributed by atoms with Crippen LogP contribution in [0.1, 0.15) is 59.1 Å². The molecule has 0 unspecified atom stereocenters. The van der Waals surface area contributed by atoms with Gasteiger partial charge in [0.05, 0.1) is 11.5 Å². The molecule has 2 N–H and O–H groups in total. The summed E-state index contributed by atoms with van der Waals surface area (Å²) in [7, 11) is 0. The topological polar surface area (TPSA) is 67.4 Å². The van der Waals surface area contributed by atoms with Crippen molar-refractivity contribution in [2.45, 2.75) is 39.0 Å². The number of thiophene rings is 1. The summed E-state index contributed by atoms with van der Waals surface area (Å²) in [5.41, 5.74) is 5.26. The van der Waals surface area contributed by atoms with Gasteiger partial charge in [0.1, 0.15) is 5.75 Å². The maximum Gasteiger partial charge on any atom is 0.279 e. The van der Waals surface area contributed by atoms with Crippen molar-refractivity contribution in [2.24, 2.45) is 0 Å². The minimum absolute atomic E-state index is 0.327. The molecule has 0 aliphatic carbocycles. The highest BCUT2D eigenvalue weighted by Gasteiger charge is 2.09. The normalized spacial score (nSPS) is 10.3. The van der Waals surface area contributed by atoms with Crippen LogP contribution in [0.15, 0.2) is 41.8 Å². The summed E-state index contributed by atoms with van der Waals surface area (Å²) in [4.78, 5) is 24.3. The van der Waals surface area contributed by atoms with E-state index in [1.54, 1.807) is 41.8 Å². The zero-order valence-corrected chi connectivity index (χ0v) is 15.2. The lowest BCUT2D eigenvalue weighted by atomic mass is 10.2. The molecule has 0 atom stereocenters. The summed E-state index contributed by atoms with van der Waals surface area (Å²) in [5, 5.41) is 1.80. The van der Waals surface area contributed by atoms with Gasteiger partial charge in [0, 0.05) is 5.56 Å². The lowest BCUT2D eigenvalue weighted by Crippen LogP contribution is -2.41. The molecule has 1 aromatic carbocycles. The molecular formula is C19H24N2O3S. The minimum atomic E-state index is -0.365. The minimum Gasteiger partial charge on any atom is -0.494 e. The van der Waals surface area contributed by atoms with E-state index in [0.717, 1.165) is 12.2 Å². The number of carbonyl (C=O) groups is 2. The first-order valence-electron chi connectivity index (χ1n) is 8.57. The van der Waals surface area contributed by atoms with Crippen molar-refractivity contribution in [3.05, 3.63) is 52.2 Å².